The van der Waals surface area contributed by atoms with Gasteiger partial charge in [0.05, 0.1) is 10.5 Å². The number of anilines is 1. The molecule has 0 aliphatic rings. The van der Waals surface area contributed by atoms with Crippen LogP contribution in [-0.4, -0.2) is 31.7 Å². The first-order valence-corrected chi connectivity index (χ1v) is 10.2. The zero-order chi connectivity index (χ0) is 19.6. The molecule has 0 spiro atoms. The minimum atomic E-state index is -3.59. The van der Waals surface area contributed by atoms with Crippen LogP contribution in [0.2, 0.25) is 0 Å². The van der Waals surface area contributed by atoms with Crippen LogP contribution in [0.25, 0.3) is 0 Å². The normalized spacial score (nSPS) is 11.6. The van der Waals surface area contributed by atoms with Crippen molar-refractivity contribution in [2.24, 2.45) is 0 Å². The fourth-order valence-corrected chi connectivity index (χ4v) is 4.62. The van der Waals surface area contributed by atoms with E-state index in [-0.39, 0.29) is 16.8 Å². The fourth-order valence-electron chi connectivity index (χ4n) is 2.25. The highest BCUT2D eigenvalue weighted by Crippen LogP contribution is 2.32. The zero-order valence-electron chi connectivity index (χ0n) is 15.3. The van der Waals surface area contributed by atoms with Crippen molar-refractivity contribution in [3.63, 3.8) is 0 Å². The summed E-state index contributed by atoms with van der Waals surface area (Å²) in [4.78, 5) is 13.5. The second-order valence-electron chi connectivity index (χ2n) is 6.19. The molecule has 2 aromatic rings. The van der Waals surface area contributed by atoms with Gasteiger partial charge in [0.2, 0.25) is 10.0 Å². The minimum Gasteiger partial charge on any atom is -0.312 e. The van der Waals surface area contributed by atoms with Crippen LogP contribution < -0.4 is 5.32 Å². The van der Waals surface area contributed by atoms with E-state index in [2.05, 4.69) is 11.4 Å². The summed E-state index contributed by atoms with van der Waals surface area (Å²) >= 11 is 1.35. The highest BCUT2D eigenvalue weighted by atomic mass is 32.2. The molecule has 0 bridgehead atoms. The summed E-state index contributed by atoms with van der Waals surface area (Å²) in [5.41, 5.74) is 1.63. The molecule has 0 aliphatic carbocycles. The van der Waals surface area contributed by atoms with E-state index >= 15 is 0 Å². The van der Waals surface area contributed by atoms with E-state index in [9.17, 15) is 18.5 Å². The Labute approximate surface area is 158 Å². The maximum atomic E-state index is 12.5. The molecule has 0 saturated carbocycles. The lowest BCUT2D eigenvalue weighted by molar-refractivity contribution is 0.102. The van der Waals surface area contributed by atoms with Gasteiger partial charge in [0.1, 0.15) is 11.1 Å². The number of aryl methyl sites for hydroxylation is 1. The van der Waals surface area contributed by atoms with E-state index < -0.39 is 10.0 Å². The molecule has 138 valence electrons. The first-order chi connectivity index (χ1) is 12.1. The van der Waals surface area contributed by atoms with Gasteiger partial charge in [0.25, 0.3) is 5.91 Å². The summed E-state index contributed by atoms with van der Waals surface area (Å²) in [6, 6.07) is 7.70. The summed E-state index contributed by atoms with van der Waals surface area (Å²) < 4.78 is 26.2. The first kappa shape index (κ1) is 20.1. The van der Waals surface area contributed by atoms with Gasteiger partial charge in [-0.05, 0) is 57.5 Å². The molecule has 0 unspecified atom stereocenters. The highest BCUT2D eigenvalue weighted by molar-refractivity contribution is 7.89. The third-order valence-electron chi connectivity index (χ3n) is 4.24. The highest BCUT2D eigenvalue weighted by Gasteiger charge is 2.23. The Balaban J connectivity index is 2.25. The third-order valence-corrected chi connectivity index (χ3v) is 7.42. The SMILES string of the molecule is Cc1sc(NC(=O)c2ccc(S(=O)(=O)N(C)C(C)C)cc2)c(C#N)c1C. The Morgan fingerprint density at radius 3 is 2.31 bits per heavy atom. The molecule has 6 nitrogen and oxygen atoms in total. The number of carbonyl (C=O) groups excluding carboxylic acids is 1. The molecule has 0 saturated heterocycles. The second-order valence-corrected chi connectivity index (χ2v) is 9.41. The maximum absolute atomic E-state index is 12.5. The number of hydrogen-bond acceptors (Lipinski definition) is 5. The van der Waals surface area contributed by atoms with Crippen LogP contribution in [0.1, 0.15) is 40.2 Å². The number of benzene rings is 1. The molecular weight excluding hydrogens is 370 g/mol. The molecule has 1 aromatic heterocycles. The van der Waals surface area contributed by atoms with E-state index in [0.29, 0.717) is 16.1 Å². The smallest absolute Gasteiger partial charge is 0.256 e. The van der Waals surface area contributed by atoms with Gasteiger partial charge in [0, 0.05) is 23.5 Å². The molecule has 0 aliphatic heterocycles. The van der Waals surface area contributed by atoms with Crippen LogP contribution in [-0.2, 0) is 10.0 Å². The van der Waals surface area contributed by atoms with Crippen molar-refractivity contribution in [2.75, 3.05) is 12.4 Å². The monoisotopic (exact) mass is 391 g/mol. The number of hydrogen-bond donors (Lipinski definition) is 1. The maximum Gasteiger partial charge on any atom is 0.256 e. The predicted molar refractivity (Wildman–Crippen MR) is 103 cm³/mol. The van der Waals surface area contributed by atoms with Crippen molar-refractivity contribution < 1.29 is 13.2 Å². The van der Waals surface area contributed by atoms with E-state index in [1.807, 2.05) is 13.8 Å². The molecular formula is C18H21N3O3S2. The number of rotatable bonds is 5. The molecule has 8 heteroatoms. The summed E-state index contributed by atoms with van der Waals surface area (Å²) in [7, 11) is -2.07. The van der Waals surface area contributed by atoms with Crippen molar-refractivity contribution in [3.8, 4) is 6.07 Å². The van der Waals surface area contributed by atoms with Gasteiger partial charge in [-0.15, -0.1) is 11.3 Å². The van der Waals surface area contributed by atoms with E-state index in [0.717, 1.165) is 10.4 Å². The van der Waals surface area contributed by atoms with Crippen LogP contribution in [0.4, 0.5) is 5.00 Å². The standard InChI is InChI=1S/C18H21N3O3S2/c1-11(2)21(5)26(23,24)15-8-6-14(7-9-15)17(22)20-18-16(10-19)12(3)13(4)25-18/h6-9,11H,1-5H3,(H,20,22). The van der Waals surface area contributed by atoms with Crippen LogP contribution in [0.15, 0.2) is 29.2 Å². The average Bonchev–Trinajstić information content (AvgIpc) is 2.87. The van der Waals surface area contributed by atoms with Crippen molar-refractivity contribution in [1.82, 2.24) is 4.31 Å². The van der Waals surface area contributed by atoms with Crippen LogP contribution >= 0.6 is 11.3 Å². The summed E-state index contributed by atoms with van der Waals surface area (Å²) in [6.07, 6.45) is 0. The van der Waals surface area contributed by atoms with Gasteiger partial charge in [-0.3, -0.25) is 4.79 Å². The Hall–Kier alpha value is -2.21. The first-order valence-electron chi connectivity index (χ1n) is 7.99. The zero-order valence-corrected chi connectivity index (χ0v) is 17.0. The number of nitrogens with zero attached hydrogens (tertiary/aromatic N) is 2. The number of carbonyl (C=O) groups is 1. The number of thiophene rings is 1. The van der Waals surface area contributed by atoms with Crippen LogP contribution in [0.3, 0.4) is 0 Å². The number of sulfonamides is 1. The van der Waals surface area contributed by atoms with Gasteiger partial charge in [0.15, 0.2) is 0 Å². The van der Waals surface area contributed by atoms with E-state index in [1.54, 1.807) is 13.8 Å². The largest absolute Gasteiger partial charge is 0.312 e. The lowest BCUT2D eigenvalue weighted by Crippen LogP contribution is -2.33. The molecule has 0 fully saturated rings. The Morgan fingerprint density at radius 2 is 1.81 bits per heavy atom. The molecule has 1 aromatic carbocycles. The van der Waals surface area contributed by atoms with Crippen LogP contribution in [0.5, 0.6) is 0 Å². The summed E-state index contributed by atoms with van der Waals surface area (Å²) in [5.74, 6) is -0.385. The molecule has 0 atom stereocenters. The molecule has 26 heavy (non-hydrogen) atoms. The molecule has 2 rings (SSSR count). The lowest BCUT2D eigenvalue weighted by Gasteiger charge is -2.21. The third kappa shape index (κ3) is 3.80. The quantitative estimate of drug-likeness (QED) is 0.844. The van der Waals surface area contributed by atoms with E-state index in [4.69, 9.17) is 0 Å². The second kappa shape index (κ2) is 7.58. The number of nitriles is 1. The molecule has 1 N–H and O–H groups in total. The van der Waals surface area contributed by atoms with Crippen molar-refractivity contribution in [2.45, 2.75) is 38.6 Å². The van der Waals surface area contributed by atoms with Gasteiger partial charge >= 0.3 is 0 Å². The van der Waals surface area contributed by atoms with Crippen LogP contribution in [0, 0.1) is 25.2 Å². The topological polar surface area (TPSA) is 90.3 Å². The molecule has 0 radical (unpaired) electrons. The van der Waals surface area contributed by atoms with E-state index in [1.165, 1.54) is 47.0 Å². The Bertz CT molecular complexity index is 968. The molecule has 1 amide bonds. The lowest BCUT2D eigenvalue weighted by atomic mass is 10.2. The van der Waals surface area contributed by atoms with Gasteiger partial charge < -0.3 is 5.32 Å². The van der Waals surface area contributed by atoms with Crippen molar-refractivity contribution in [1.29, 1.82) is 5.26 Å². The molecule has 1 heterocycles. The van der Waals surface area contributed by atoms with Crippen molar-refractivity contribution in [3.05, 3.63) is 45.8 Å². The summed E-state index contributed by atoms with van der Waals surface area (Å²) in [6.45, 7) is 7.31. The summed E-state index contributed by atoms with van der Waals surface area (Å²) in [5, 5.41) is 12.5. The Morgan fingerprint density at radius 1 is 1.23 bits per heavy atom. The van der Waals surface area contributed by atoms with Gasteiger partial charge in [-0.1, -0.05) is 0 Å². The van der Waals surface area contributed by atoms with Gasteiger partial charge in [-0.25, -0.2) is 8.42 Å². The van der Waals surface area contributed by atoms with Gasteiger partial charge in [-0.2, -0.15) is 9.57 Å². The predicted octanol–water partition coefficient (Wildman–Crippen LogP) is 3.52. The average molecular weight is 392 g/mol. The number of amides is 1. The Kier molecular flexibility index (Phi) is 5.86. The minimum absolute atomic E-state index is 0.130. The number of nitrogens with one attached hydrogen (secondary N) is 1. The van der Waals surface area contributed by atoms with Crippen molar-refractivity contribution >= 4 is 32.3 Å². The fraction of sp³-hybridized carbons (Fsp3) is 0.333.